The van der Waals surface area contributed by atoms with Gasteiger partial charge in [0.2, 0.25) is 11.8 Å². The summed E-state index contributed by atoms with van der Waals surface area (Å²) in [6.45, 7) is 8.67. The van der Waals surface area contributed by atoms with Gasteiger partial charge in [-0.3, -0.25) is 4.90 Å². The van der Waals surface area contributed by atoms with Gasteiger partial charge in [-0.15, -0.1) is 10.2 Å². The van der Waals surface area contributed by atoms with Crippen LogP contribution >= 0.6 is 0 Å². The van der Waals surface area contributed by atoms with Crippen molar-refractivity contribution >= 4 is 6.09 Å². The van der Waals surface area contributed by atoms with E-state index in [1.54, 1.807) is 17.0 Å². The van der Waals surface area contributed by atoms with E-state index < -0.39 is 5.60 Å². The molecular formula is C18H23FN4O3. The largest absolute Gasteiger partial charge is 0.444 e. The molecule has 0 aliphatic carbocycles. The summed E-state index contributed by atoms with van der Waals surface area (Å²) >= 11 is 0. The molecule has 140 valence electrons. The molecule has 0 N–H and O–H groups in total. The van der Waals surface area contributed by atoms with Crippen LogP contribution in [0.15, 0.2) is 28.7 Å². The van der Waals surface area contributed by atoms with Gasteiger partial charge >= 0.3 is 6.09 Å². The number of rotatable bonds is 3. The molecule has 1 aliphatic rings. The molecule has 8 heteroatoms. The van der Waals surface area contributed by atoms with Crippen LogP contribution in [0.25, 0.3) is 11.5 Å². The van der Waals surface area contributed by atoms with Crippen LogP contribution in [-0.4, -0.2) is 57.9 Å². The maximum atomic E-state index is 13.0. The van der Waals surface area contributed by atoms with E-state index in [2.05, 4.69) is 15.1 Å². The Morgan fingerprint density at radius 2 is 1.81 bits per heavy atom. The summed E-state index contributed by atoms with van der Waals surface area (Å²) < 4.78 is 24.0. The third kappa shape index (κ3) is 4.78. The number of hydrogen-bond acceptors (Lipinski definition) is 6. The molecule has 26 heavy (non-hydrogen) atoms. The van der Waals surface area contributed by atoms with Crippen LogP contribution < -0.4 is 0 Å². The average molecular weight is 362 g/mol. The van der Waals surface area contributed by atoms with Crippen molar-refractivity contribution in [3.8, 4) is 11.5 Å². The SMILES string of the molecule is CC(C)(C)OC(=O)N1CCN(Cc2nnc(-c3ccc(F)cc3)o2)CC1. The van der Waals surface area contributed by atoms with E-state index in [0.717, 1.165) is 0 Å². The summed E-state index contributed by atoms with van der Waals surface area (Å²) in [5.41, 5.74) is 0.189. The molecular weight excluding hydrogens is 339 g/mol. The average Bonchev–Trinajstić information content (AvgIpc) is 3.03. The summed E-state index contributed by atoms with van der Waals surface area (Å²) in [4.78, 5) is 15.9. The number of hydrogen-bond donors (Lipinski definition) is 0. The van der Waals surface area contributed by atoms with E-state index in [-0.39, 0.29) is 11.9 Å². The predicted octanol–water partition coefficient (Wildman–Crippen LogP) is 2.93. The Bertz CT molecular complexity index is 747. The predicted molar refractivity (Wildman–Crippen MR) is 92.8 cm³/mol. The first-order valence-corrected chi connectivity index (χ1v) is 8.59. The lowest BCUT2D eigenvalue weighted by atomic mass is 10.2. The molecule has 0 bridgehead atoms. The summed E-state index contributed by atoms with van der Waals surface area (Å²) in [6, 6.07) is 5.92. The fraction of sp³-hybridized carbons (Fsp3) is 0.500. The smallest absolute Gasteiger partial charge is 0.410 e. The molecule has 1 aromatic heterocycles. The first-order chi connectivity index (χ1) is 12.3. The first-order valence-electron chi connectivity index (χ1n) is 8.59. The van der Waals surface area contributed by atoms with Gasteiger partial charge in [-0.1, -0.05) is 0 Å². The number of benzene rings is 1. The van der Waals surface area contributed by atoms with Gasteiger partial charge in [-0.05, 0) is 45.0 Å². The number of nitrogens with zero attached hydrogens (tertiary/aromatic N) is 4. The highest BCUT2D eigenvalue weighted by Gasteiger charge is 2.26. The molecule has 1 aromatic carbocycles. The second kappa shape index (κ2) is 7.41. The van der Waals surface area contributed by atoms with E-state index in [1.807, 2.05) is 20.8 Å². The van der Waals surface area contributed by atoms with Crippen LogP contribution in [0.4, 0.5) is 9.18 Å². The van der Waals surface area contributed by atoms with Crippen molar-refractivity contribution in [1.82, 2.24) is 20.0 Å². The molecule has 0 radical (unpaired) electrons. The number of carbonyl (C=O) groups is 1. The van der Waals surface area contributed by atoms with Gasteiger partial charge in [0.1, 0.15) is 11.4 Å². The van der Waals surface area contributed by atoms with Crippen LogP contribution in [0.3, 0.4) is 0 Å². The summed E-state index contributed by atoms with van der Waals surface area (Å²) in [5.74, 6) is 0.554. The van der Waals surface area contributed by atoms with Gasteiger partial charge < -0.3 is 14.1 Å². The third-order valence-corrected chi connectivity index (χ3v) is 3.94. The lowest BCUT2D eigenvalue weighted by molar-refractivity contribution is 0.0133. The van der Waals surface area contributed by atoms with Crippen LogP contribution in [0.5, 0.6) is 0 Å². The van der Waals surface area contributed by atoms with Crippen LogP contribution in [0.1, 0.15) is 26.7 Å². The Morgan fingerprint density at radius 3 is 2.42 bits per heavy atom. The number of halogens is 1. The minimum Gasteiger partial charge on any atom is -0.444 e. The van der Waals surface area contributed by atoms with Crippen molar-refractivity contribution in [1.29, 1.82) is 0 Å². The molecule has 0 unspecified atom stereocenters. The number of aromatic nitrogens is 2. The quantitative estimate of drug-likeness (QED) is 0.836. The van der Waals surface area contributed by atoms with Crippen molar-refractivity contribution in [3.63, 3.8) is 0 Å². The van der Waals surface area contributed by atoms with Crippen molar-refractivity contribution in [2.75, 3.05) is 26.2 Å². The summed E-state index contributed by atoms with van der Waals surface area (Å²) in [7, 11) is 0. The Kier molecular flexibility index (Phi) is 5.22. The molecule has 1 saturated heterocycles. The van der Waals surface area contributed by atoms with E-state index in [0.29, 0.717) is 50.1 Å². The Morgan fingerprint density at radius 1 is 1.15 bits per heavy atom. The van der Waals surface area contributed by atoms with Gasteiger partial charge in [0.25, 0.3) is 0 Å². The third-order valence-electron chi connectivity index (χ3n) is 3.94. The maximum Gasteiger partial charge on any atom is 0.410 e. The molecule has 0 atom stereocenters. The summed E-state index contributed by atoms with van der Waals surface area (Å²) in [5, 5.41) is 8.07. The maximum absolute atomic E-state index is 13.0. The normalized spacial score (nSPS) is 15.9. The zero-order valence-corrected chi connectivity index (χ0v) is 15.2. The number of piperazine rings is 1. The summed E-state index contributed by atoms with van der Waals surface area (Å²) in [6.07, 6.45) is -0.284. The zero-order valence-electron chi connectivity index (χ0n) is 15.2. The van der Waals surface area contributed by atoms with Gasteiger partial charge in [0, 0.05) is 31.7 Å². The van der Waals surface area contributed by atoms with E-state index >= 15 is 0 Å². The number of amides is 1. The van der Waals surface area contributed by atoms with Gasteiger partial charge in [-0.25, -0.2) is 9.18 Å². The Hall–Kier alpha value is -2.48. The molecule has 2 aromatic rings. The monoisotopic (exact) mass is 362 g/mol. The second-order valence-electron chi connectivity index (χ2n) is 7.25. The lowest BCUT2D eigenvalue weighted by Gasteiger charge is -2.34. The van der Waals surface area contributed by atoms with Crippen LogP contribution in [-0.2, 0) is 11.3 Å². The molecule has 2 heterocycles. The number of carbonyl (C=O) groups excluding carboxylic acids is 1. The Labute approximate surface area is 151 Å². The fourth-order valence-electron chi connectivity index (χ4n) is 2.63. The van der Waals surface area contributed by atoms with Crippen molar-refractivity contribution < 1.29 is 18.3 Å². The van der Waals surface area contributed by atoms with Crippen molar-refractivity contribution in [2.45, 2.75) is 32.9 Å². The van der Waals surface area contributed by atoms with Crippen LogP contribution in [0.2, 0.25) is 0 Å². The fourth-order valence-corrected chi connectivity index (χ4v) is 2.63. The standard InChI is InChI=1S/C18H23FN4O3/c1-18(2,3)26-17(24)23-10-8-22(9-11-23)12-15-20-21-16(25-15)13-4-6-14(19)7-5-13/h4-7H,8-12H2,1-3H3. The molecule has 3 rings (SSSR count). The molecule has 1 fully saturated rings. The molecule has 7 nitrogen and oxygen atoms in total. The van der Waals surface area contributed by atoms with E-state index in [9.17, 15) is 9.18 Å². The minimum absolute atomic E-state index is 0.284. The zero-order chi connectivity index (χ0) is 18.7. The highest BCUT2D eigenvalue weighted by molar-refractivity contribution is 5.68. The Balaban J connectivity index is 1.52. The topological polar surface area (TPSA) is 71.7 Å². The van der Waals surface area contributed by atoms with Crippen LogP contribution in [0, 0.1) is 5.82 Å². The molecule has 0 saturated carbocycles. The second-order valence-corrected chi connectivity index (χ2v) is 7.25. The first kappa shape index (κ1) is 18.3. The van der Waals surface area contributed by atoms with Gasteiger partial charge in [0.15, 0.2) is 0 Å². The number of ether oxygens (including phenoxy) is 1. The van der Waals surface area contributed by atoms with Gasteiger partial charge in [0.05, 0.1) is 6.54 Å². The van der Waals surface area contributed by atoms with Crippen molar-refractivity contribution in [3.05, 3.63) is 36.0 Å². The minimum atomic E-state index is -0.491. The molecule has 0 spiro atoms. The van der Waals surface area contributed by atoms with E-state index in [1.165, 1.54) is 12.1 Å². The van der Waals surface area contributed by atoms with Crippen molar-refractivity contribution in [2.24, 2.45) is 0 Å². The molecule has 1 aliphatic heterocycles. The lowest BCUT2D eigenvalue weighted by Crippen LogP contribution is -2.49. The van der Waals surface area contributed by atoms with Gasteiger partial charge in [-0.2, -0.15) is 0 Å². The molecule has 1 amide bonds. The highest BCUT2D eigenvalue weighted by Crippen LogP contribution is 2.19. The highest BCUT2D eigenvalue weighted by atomic mass is 19.1. The van der Waals surface area contributed by atoms with E-state index in [4.69, 9.17) is 9.15 Å².